The Morgan fingerprint density at radius 2 is 1.76 bits per heavy atom. The fourth-order valence-corrected chi connectivity index (χ4v) is 7.19. The standard InChI is InChI=1S/C35H36N4O8S2/c1-46-32-10-6-5-9-29(32)26-13-16-35(17-14-26,18-15-33(40)38-20-22-47-23-21-38)34(41)37-49(44,45)28-11-12-30(31(25-28)39(42)43)36-19-24-48-27-7-3-2-4-8-27/h2-18,25-26,36H,19-24H2,1H3,(H,37,41)/b18-15+. The van der Waals surface area contributed by atoms with Gasteiger partial charge in [0.2, 0.25) is 5.91 Å². The van der Waals surface area contributed by atoms with E-state index in [9.17, 15) is 28.1 Å². The van der Waals surface area contributed by atoms with Gasteiger partial charge in [-0.2, -0.15) is 0 Å². The van der Waals surface area contributed by atoms with Gasteiger partial charge in [0.15, 0.2) is 0 Å². The predicted molar refractivity (Wildman–Crippen MR) is 187 cm³/mol. The molecule has 1 fully saturated rings. The maximum atomic E-state index is 13.9. The molecular formula is C35H36N4O8S2. The second kappa shape index (κ2) is 16.0. The molecule has 2 N–H and O–H groups in total. The molecule has 256 valence electrons. The number of nitro benzene ring substituents is 1. The highest BCUT2D eigenvalue weighted by atomic mass is 32.2. The Morgan fingerprint density at radius 3 is 2.45 bits per heavy atom. The number of allylic oxidation sites excluding steroid dienone is 2. The number of carbonyl (C=O) groups is 2. The largest absolute Gasteiger partial charge is 0.496 e. The smallest absolute Gasteiger partial charge is 0.293 e. The Hall–Kier alpha value is -4.92. The minimum absolute atomic E-state index is 0.144. The third-order valence-electron chi connectivity index (χ3n) is 8.01. The fourth-order valence-electron chi connectivity index (χ4n) is 5.35. The molecule has 49 heavy (non-hydrogen) atoms. The Labute approximate surface area is 289 Å². The van der Waals surface area contributed by atoms with E-state index >= 15 is 0 Å². The van der Waals surface area contributed by atoms with Crippen LogP contribution in [0, 0.1) is 15.5 Å². The summed E-state index contributed by atoms with van der Waals surface area (Å²) in [5, 5.41) is 14.9. The van der Waals surface area contributed by atoms with Crippen LogP contribution in [0.4, 0.5) is 11.4 Å². The molecule has 0 radical (unpaired) electrons. The van der Waals surface area contributed by atoms with Crippen LogP contribution in [0.3, 0.4) is 0 Å². The molecule has 0 bridgehead atoms. The van der Waals surface area contributed by atoms with Crippen LogP contribution in [0.1, 0.15) is 11.5 Å². The lowest BCUT2D eigenvalue weighted by Gasteiger charge is -2.29. The number of nitro groups is 1. The third-order valence-corrected chi connectivity index (χ3v) is 10.3. The number of sulfonamides is 1. The zero-order chi connectivity index (χ0) is 34.9. The number of ether oxygens (including phenoxy) is 2. The van der Waals surface area contributed by atoms with Crippen LogP contribution >= 0.6 is 11.8 Å². The van der Waals surface area contributed by atoms with Crippen LogP contribution in [0.5, 0.6) is 5.75 Å². The average Bonchev–Trinajstić information content (AvgIpc) is 3.13. The first kappa shape index (κ1) is 35.4. The van der Waals surface area contributed by atoms with Crippen LogP contribution in [-0.4, -0.2) is 75.8 Å². The van der Waals surface area contributed by atoms with Crippen LogP contribution in [-0.2, 0) is 24.3 Å². The van der Waals surface area contributed by atoms with Crippen molar-refractivity contribution in [3.63, 3.8) is 0 Å². The number of rotatable bonds is 13. The number of methoxy groups -OCH3 is 1. The molecule has 1 heterocycles. The van der Waals surface area contributed by atoms with Crippen molar-refractivity contribution >= 4 is 45.0 Å². The number of benzene rings is 3. The summed E-state index contributed by atoms with van der Waals surface area (Å²) in [5.74, 6) is -0.375. The highest BCUT2D eigenvalue weighted by molar-refractivity contribution is 7.99. The normalized spacial score (nSPS) is 19.0. The third kappa shape index (κ3) is 8.76. The zero-order valence-corrected chi connectivity index (χ0v) is 28.3. The van der Waals surface area contributed by atoms with Gasteiger partial charge in [0.25, 0.3) is 21.6 Å². The van der Waals surface area contributed by atoms with E-state index in [0.29, 0.717) is 44.4 Å². The van der Waals surface area contributed by atoms with Gasteiger partial charge in [-0.25, -0.2) is 13.1 Å². The summed E-state index contributed by atoms with van der Waals surface area (Å²) >= 11 is 1.57. The Morgan fingerprint density at radius 1 is 1.06 bits per heavy atom. The minimum atomic E-state index is -4.59. The number of para-hydroxylation sites is 1. The van der Waals surface area contributed by atoms with E-state index in [0.717, 1.165) is 16.5 Å². The summed E-state index contributed by atoms with van der Waals surface area (Å²) in [6, 6.07) is 20.5. The van der Waals surface area contributed by atoms with Gasteiger partial charge < -0.3 is 19.7 Å². The first-order valence-electron chi connectivity index (χ1n) is 15.5. The van der Waals surface area contributed by atoms with E-state index in [4.69, 9.17) is 9.47 Å². The van der Waals surface area contributed by atoms with Crippen molar-refractivity contribution in [2.45, 2.75) is 15.7 Å². The van der Waals surface area contributed by atoms with Crippen molar-refractivity contribution in [1.82, 2.24) is 9.62 Å². The lowest BCUT2D eigenvalue weighted by Crippen LogP contribution is -2.42. The van der Waals surface area contributed by atoms with Gasteiger partial charge in [0.1, 0.15) is 16.9 Å². The molecule has 2 amide bonds. The molecule has 0 unspecified atom stereocenters. The number of hydrogen-bond acceptors (Lipinski definition) is 10. The topological polar surface area (TPSA) is 157 Å². The molecule has 2 aliphatic rings. The van der Waals surface area contributed by atoms with E-state index in [1.54, 1.807) is 35.9 Å². The van der Waals surface area contributed by atoms with Gasteiger partial charge >= 0.3 is 0 Å². The van der Waals surface area contributed by atoms with Crippen molar-refractivity contribution in [2.24, 2.45) is 5.41 Å². The number of anilines is 1. The molecule has 3 aromatic carbocycles. The molecule has 0 spiro atoms. The Bertz CT molecular complexity index is 1860. The van der Waals surface area contributed by atoms with Gasteiger partial charge in [0, 0.05) is 53.9 Å². The molecule has 0 saturated carbocycles. The SMILES string of the molecule is COc1ccccc1C1C=CC(/C=C/C(=O)N2CCOCC2)(C(=O)NS(=O)(=O)c2ccc(NCCSc3ccccc3)c([N+](=O)[O-])c2)C=C1. The predicted octanol–water partition coefficient (Wildman–Crippen LogP) is 4.92. The lowest BCUT2D eigenvalue weighted by molar-refractivity contribution is -0.384. The number of nitrogens with zero attached hydrogens (tertiary/aromatic N) is 2. The maximum absolute atomic E-state index is 13.9. The number of amides is 2. The molecule has 12 nitrogen and oxygen atoms in total. The number of hydrogen-bond donors (Lipinski definition) is 2. The van der Waals surface area contributed by atoms with E-state index in [-0.39, 0.29) is 17.5 Å². The first-order valence-corrected chi connectivity index (χ1v) is 17.9. The second-order valence-electron chi connectivity index (χ2n) is 11.1. The number of carbonyl (C=O) groups excluding carboxylic acids is 2. The molecule has 5 rings (SSSR count). The number of morpholine rings is 1. The zero-order valence-electron chi connectivity index (χ0n) is 26.7. The van der Waals surface area contributed by atoms with Gasteiger partial charge in [0.05, 0.1) is 30.1 Å². The average molecular weight is 705 g/mol. The summed E-state index contributed by atoms with van der Waals surface area (Å²) in [5.41, 5.74) is -1.15. The summed E-state index contributed by atoms with van der Waals surface area (Å²) in [4.78, 5) is 40.3. The van der Waals surface area contributed by atoms with Crippen molar-refractivity contribution in [3.8, 4) is 5.75 Å². The van der Waals surface area contributed by atoms with E-state index in [1.165, 1.54) is 36.4 Å². The van der Waals surface area contributed by atoms with E-state index in [2.05, 4.69) is 10.0 Å². The van der Waals surface area contributed by atoms with Crippen molar-refractivity contribution in [3.05, 3.63) is 125 Å². The number of nitrogens with one attached hydrogen (secondary N) is 2. The Kier molecular flexibility index (Phi) is 11.5. The maximum Gasteiger partial charge on any atom is 0.293 e. The van der Waals surface area contributed by atoms with Crippen LogP contribution in [0.2, 0.25) is 0 Å². The van der Waals surface area contributed by atoms with Crippen LogP contribution < -0.4 is 14.8 Å². The first-order chi connectivity index (χ1) is 23.6. The second-order valence-corrected chi connectivity index (χ2v) is 14.0. The van der Waals surface area contributed by atoms with Crippen LogP contribution in [0.25, 0.3) is 0 Å². The summed E-state index contributed by atoms with van der Waals surface area (Å²) < 4.78 is 39.9. The van der Waals surface area contributed by atoms with Crippen molar-refractivity contribution < 1.29 is 32.4 Å². The number of thioether (sulfide) groups is 1. The van der Waals surface area contributed by atoms with E-state index < -0.39 is 36.9 Å². The summed E-state index contributed by atoms with van der Waals surface area (Å²) in [7, 11) is -3.03. The van der Waals surface area contributed by atoms with E-state index in [1.807, 2.05) is 54.6 Å². The molecule has 3 aromatic rings. The fraction of sp³-hybridized carbons (Fsp3) is 0.257. The lowest BCUT2D eigenvalue weighted by atomic mass is 9.79. The highest BCUT2D eigenvalue weighted by Gasteiger charge is 2.37. The molecule has 1 saturated heterocycles. The van der Waals surface area contributed by atoms with Gasteiger partial charge in [-0.1, -0.05) is 66.8 Å². The summed E-state index contributed by atoms with van der Waals surface area (Å²) in [6.45, 7) is 1.92. The highest BCUT2D eigenvalue weighted by Crippen LogP contribution is 2.37. The molecular weight excluding hydrogens is 669 g/mol. The summed E-state index contributed by atoms with van der Waals surface area (Å²) in [6.07, 6.45) is 9.12. The van der Waals surface area contributed by atoms with Crippen molar-refractivity contribution in [1.29, 1.82) is 0 Å². The van der Waals surface area contributed by atoms with Crippen LogP contribution in [0.15, 0.2) is 119 Å². The molecule has 1 aliphatic carbocycles. The monoisotopic (exact) mass is 704 g/mol. The molecule has 0 atom stereocenters. The van der Waals surface area contributed by atoms with Gasteiger partial charge in [-0.3, -0.25) is 19.7 Å². The van der Waals surface area contributed by atoms with Crippen molar-refractivity contribution in [2.75, 3.05) is 51.0 Å². The van der Waals surface area contributed by atoms with Gasteiger partial charge in [-0.05, 0) is 30.3 Å². The Balaban J connectivity index is 1.36. The van der Waals surface area contributed by atoms with Gasteiger partial charge in [-0.15, -0.1) is 11.8 Å². The minimum Gasteiger partial charge on any atom is -0.496 e. The molecule has 1 aliphatic heterocycles. The molecule has 0 aromatic heterocycles. The quantitative estimate of drug-likeness (QED) is 0.0625. The molecule has 14 heteroatoms.